The minimum Gasteiger partial charge on any atom is -0.490 e. The van der Waals surface area contributed by atoms with Crippen molar-refractivity contribution in [3.63, 3.8) is 0 Å². The third-order valence-electron chi connectivity index (χ3n) is 6.89. The summed E-state index contributed by atoms with van der Waals surface area (Å²) in [4.78, 5) is 24.7. The van der Waals surface area contributed by atoms with Crippen LogP contribution in [0.5, 0.6) is 5.75 Å². The van der Waals surface area contributed by atoms with Crippen LogP contribution in [-0.4, -0.2) is 29.5 Å². The van der Waals surface area contributed by atoms with E-state index in [9.17, 15) is 14.9 Å². The number of carbonyl (C=O) groups is 1. The minimum atomic E-state index is -0.825. The summed E-state index contributed by atoms with van der Waals surface area (Å²) in [6.07, 6.45) is 6.04. The zero-order valence-electron chi connectivity index (χ0n) is 19.1. The van der Waals surface area contributed by atoms with E-state index in [0.717, 1.165) is 18.3 Å². The van der Waals surface area contributed by atoms with E-state index in [2.05, 4.69) is 23.9 Å². The topological polar surface area (TPSA) is 93.5 Å². The lowest BCUT2D eigenvalue weighted by Gasteiger charge is -2.48. The number of carbonyl (C=O) groups excluding carboxylic acids is 1. The van der Waals surface area contributed by atoms with Crippen molar-refractivity contribution >= 4 is 23.5 Å². The Morgan fingerprint density at radius 1 is 1.29 bits per heavy atom. The predicted octanol–water partition coefficient (Wildman–Crippen LogP) is 4.95. The molecule has 0 saturated heterocycles. The smallest absolute Gasteiger partial charge is 0.312 e. The normalized spacial score (nSPS) is 28.1. The first-order valence-corrected chi connectivity index (χ1v) is 12.0. The van der Waals surface area contributed by atoms with Gasteiger partial charge in [0, 0.05) is 17.0 Å². The molecule has 5 atom stereocenters. The number of nitro groups is 1. The highest BCUT2D eigenvalue weighted by Gasteiger charge is 2.43. The molecule has 2 aliphatic rings. The SMILES string of the molecule is CCC1CC2CC(C)CC(C2)C1NC(=O)C(C)(C)NSc1ccc(OC)c([N+](=O)[O-])c1. The molecular weight excluding hydrogens is 414 g/mol. The average Bonchev–Trinajstić information content (AvgIpc) is 2.73. The second-order valence-electron chi connectivity index (χ2n) is 9.76. The van der Waals surface area contributed by atoms with E-state index in [1.54, 1.807) is 12.1 Å². The Hall–Kier alpha value is -1.80. The van der Waals surface area contributed by atoms with Gasteiger partial charge in [-0.15, -0.1) is 0 Å². The van der Waals surface area contributed by atoms with E-state index in [1.807, 2.05) is 13.8 Å². The summed E-state index contributed by atoms with van der Waals surface area (Å²) in [5.74, 6) is 2.82. The number of nitrogens with one attached hydrogen (secondary N) is 2. The summed E-state index contributed by atoms with van der Waals surface area (Å²) in [6, 6.07) is 5.01. The minimum absolute atomic E-state index is 0.0249. The van der Waals surface area contributed by atoms with Gasteiger partial charge in [-0.05, 0) is 87.3 Å². The average molecular weight is 450 g/mol. The van der Waals surface area contributed by atoms with Gasteiger partial charge < -0.3 is 10.1 Å². The number of fused-ring (bicyclic) bond motifs is 2. The molecule has 0 spiro atoms. The molecule has 172 valence electrons. The first-order valence-electron chi connectivity index (χ1n) is 11.2. The molecular formula is C23H35N3O4S. The first kappa shape index (κ1) is 23.9. The zero-order valence-corrected chi connectivity index (χ0v) is 20.0. The van der Waals surface area contributed by atoms with Crippen LogP contribution in [0.1, 0.15) is 59.8 Å². The van der Waals surface area contributed by atoms with E-state index >= 15 is 0 Å². The molecule has 31 heavy (non-hydrogen) atoms. The Labute approximate surface area is 189 Å². The summed E-state index contributed by atoms with van der Waals surface area (Å²) >= 11 is 1.22. The third-order valence-corrected chi connectivity index (χ3v) is 7.99. The van der Waals surface area contributed by atoms with Crippen LogP contribution in [0.15, 0.2) is 23.1 Å². The highest BCUT2D eigenvalue weighted by Crippen LogP contribution is 2.46. The van der Waals surface area contributed by atoms with Crippen LogP contribution in [0.3, 0.4) is 0 Å². The highest BCUT2D eigenvalue weighted by molar-refractivity contribution is 7.97. The van der Waals surface area contributed by atoms with E-state index in [-0.39, 0.29) is 23.4 Å². The maximum Gasteiger partial charge on any atom is 0.312 e. The maximum absolute atomic E-state index is 13.2. The van der Waals surface area contributed by atoms with Crippen molar-refractivity contribution < 1.29 is 14.5 Å². The Morgan fingerprint density at radius 3 is 2.68 bits per heavy atom. The summed E-state index contributed by atoms with van der Waals surface area (Å²) in [6.45, 7) is 8.26. The molecule has 7 nitrogen and oxygen atoms in total. The van der Waals surface area contributed by atoms with Crippen LogP contribution in [0, 0.1) is 33.8 Å². The lowest BCUT2D eigenvalue weighted by molar-refractivity contribution is -0.386. The molecule has 0 radical (unpaired) electrons. The van der Waals surface area contributed by atoms with Crippen molar-refractivity contribution in [3.05, 3.63) is 28.3 Å². The van der Waals surface area contributed by atoms with Gasteiger partial charge in [0.1, 0.15) is 5.54 Å². The molecule has 1 aromatic rings. The third kappa shape index (κ3) is 5.52. The second kappa shape index (κ2) is 9.77. The Morgan fingerprint density at radius 2 is 2.03 bits per heavy atom. The van der Waals surface area contributed by atoms with E-state index in [1.165, 1.54) is 50.8 Å². The molecule has 2 fully saturated rings. The lowest BCUT2D eigenvalue weighted by Crippen LogP contribution is -2.58. The van der Waals surface area contributed by atoms with Gasteiger partial charge in [0.2, 0.25) is 5.91 Å². The summed E-state index contributed by atoms with van der Waals surface area (Å²) in [5, 5.41) is 14.6. The van der Waals surface area contributed by atoms with Crippen molar-refractivity contribution in [1.82, 2.24) is 10.0 Å². The van der Waals surface area contributed by atoms with Crippen LogP contribution < -0.4 is 14.8 Å². The van der Waals surface area contributed by atoms with Crippen LogP contribution in [0.2, 0.25) is 0 Å². The van der Waals surface area contributed by atoms with E-state index in [0.29, 0.717) is 16.7 Å². The van der Waals surface area contributed by atoms with Gasteiger partial charge in [0.05, 0.1) is 12.0 Å². The molecule has 0 heterocycles. The molecule has 8 heteroatoms. The summed E-state index contributed by atoms with van der Waals surface area (Å²) in [7, 11) is 1.41. The number of hydrogen-bond donors (Lipinski definition) is 2. The predicted molar refractivity (Wildman–Crippen MR) is 123 cm³/mol. The number of hydrogen-bond acceptors (Lipinski definition) is 6. The van der Waals surface area contributed by atoms with Gasteiger partial charge >= 0.3 is 5.69 Å². The van der Waals surface area contributed by atoms with Gasteiger partial charge in [-0.3, -0.25) is 14.9 Å². The van der Waals surface area contributed by atoms with Crippen molar-refractivity contribution in [2.24, 2.45) is 23.7 Å². The molecule has 2 N–H and O–H groups in total. The Bertz CT molecular complexity index is 814. The molecule has 1 amide bonds. The van der Waals surface area contributed by atoms with Crippen molar-refractivity contribution in [3.8, 4) is 5.75 Å². The molecule has 2 saturated carbocycles. The second-order valence-corrected chi connectivity index (χ2v) is 10.6. The van der Waals surface area contributed by atoms with Gasteiger partial charge in [0.15, 0.2) is 5.75 Å². The zero-order chi connectivity index (χ0) is 22.8. The van der Waals surface area contributed by atoms with Gasteiger partial charge in [0.25, 0.3) is 0 Å². The molecule has 1 aromatic carbocycles. The quantitative estimate of drug-likeness (QED) is 0.331. The number of ether oxygens (including phenoxy) is 1. The van der Waals surface area contributed by atoms with Crippen LogP contribution >= 0.6 is 11.9 Å². The van der Waals surface area contributed by atoms with E-state index in [4.69, 9.17) is 4.74 Å². The molecule has 2 bridgehead atoms. The fraction of sp³-hybridized carbons (Fsp3) is 0.696. The maximum atomic E-state index is 13.2. The van der Waals surface area contributed by atoms with E-state index < -0.39 is 10.5 Å². The number of methoxy groups -OCH3 is 1. The molecule has 5 unspecified atom stereocenters. The van der Waals surface area contributed by atoms with Crippen molar-refractivity contribution in [1.29, 1.82) is 0 Å². The summed E-state index contributed by atoms with van der Waals surface area (Å²) < 4.78 is 8.26. The van der Waals surface area contributed by atoms with Gasteiger partial charge in [-0.1, -0.05) is 20.3 Å². The summed E-state index contributed by atoms with van der Waals surface area (Å²) in [5.41, 5.74) is -0.917. The first-order chi connectivity index (χ1) is 14.6. The van der Waals surface area contributed by atoms with Crippen molar-refractivity contribution in [2.75, 3.05) is 7.11 Å². The molecule has 3 rings (SSSR count). The lowest BCUT2D eigenvalue weighted by atomic mass is 9.62. The Balaban J connectivity index is 1.65. The number of amides is 1. The van der Waals surface area contributed by atoms with Crippen LogP contribution in [0.25, 0.3) is 0 Å². The molecule has 0 aliphatic heterocycles. The number of nitrogens with zero attached hydrogens (tertiary/aromatic N) is 1. The van der Waals surface area contributed by atoms with Crippen LogP contribution in [0.4, 0.5) is 5.69 Å². The fourth-order valence-corrected chi connectivity index (χ4v) is 6.12. The van der Waals surface area contributed by atoms with Crippen LogP contribution in [-0.2, 0) is 4.79 Å². The molecule has 2 aliphatic carbocycles. The fourth-order valence-electron chi connectivity index (χ4n) is 5.34. The molecule has 0 aromatic heterocycles. The van der Waals surface area contributed by atoms with Crippen molar-refractivity contribution in [2.45, 2.75) is 76.3 Å². The number of benzene rings is 1. The largest absolute Gasteiger partial charge is 0.490 e. The standard InChI is InChI=1S/C23H35N3O4S/c1-6-16-11-15-9-14(2)10-17(12-15)21(16)24-22(27)23(3,4)25-31-18-7-8-20(30-5)19(13-18)26(28)29/h7-8,13-17,21,25H,6,9-12H2,1-5H3,(H,24,27). The highest BCUT2D eigenvalue weighted by atomic mass is 32.2. The monoisotopic (exact) mass is 449 g/mol. The number of rotatable bonds is 8. The Kier molecular flexibility index (Phi) is 7.52. The van der Waals surface area contributed by atoms with Gasteiger partial charge in [-0.2, -0.15) is 0 Å². The number of nitro benzene ring substituents is 1. The van der Waals surface area contributed by atoms with Gasteiger partial charge in [-0.25, -0.2) is 4.72 Å².